The number of methoxy groups -OCH3 is 2. The third-order valence-corrected chi connectivity index (χ3v) is 7.05. The molecule has 0 aliphatic carbocycles. The van der Waals surface area contributed by atoms with Crippen LogP contribution in [0.4, 0.5) is 0 Å². The Kier molecular flexibility index (Phi) is 6.50. The van der Waals surface area contributed by atoms with E-state index in [2.05, 4.69) is 4.90 Å². The molecule has 0 aromatic heterocycles. The van der Waals surface area contributed by atoms with E-state index in [-0.39, 0.29) is 17.0 Å². The molecule has 0 bridgehead atoms. The average Bonchev–Trinajstić information content (AvgIpc) is 2.78. The van der Waals surface area contributed by atoms with Gasteiger partial charge in [0.05, 0.1) is 25.2 Å². The number of likely N-dealkylation sites (tertiary alicyclic amines) is 1. The lowest BCUT2D eigenvalue weighted by Gasteiger charge is -2.43. The van der Waals surface area contributed by atoms with E-state index >= 15 is 0 Å². The van der Waals surface area contributed by atoms with Gasteiger partial charge in [0.1, 0.15) is 17.6 Å². The van der Waals surface area contributed by atoms with Crippen molar-refractivity contribution in [3.05, 3.63) is 89.5 Å². The highest BCUT2D eigenvalue weighted by atomic mass is 32.2. The predicted octanol–water partition coefficient (Wildman–Crippen LogP) is 4.19. The van der Waals surface area contributed by atoms with E-state index in [1.807, 2.05) is 55.5 Å². The van der Waals surface area contributed by atoms with Crippen LogP contribution in [0.3, 0.4) is 0 Å². The standard InChI is InChI=1S/C25H27NO5S/c1-18-4-14-24(15-5-18)32(27,28)31-23-16-26(17-23)25(19-6-10-21(29-2)11-7-19)20-8-12-22(30-3)13-9-20/h4-15,23,25H,16-17H2,1-3H3. The van der Waals surface area contributed by atoms with Crippen LogP contribution in [0.2, 0.25) is 0 Å². The van der Waals surface area contributed by atoms with Gasteiger partial charge in [0.25, 0.3) is 10.1 Å². The topological polar surface area (TPSA) is 65.1 Å². The van der Waals surface area contributed by atoms with Crippen molar-refractivity contribution in [1.29, 1.82) is 0 Å². The van der Waals surface area contributed by atoms with Crippen LogP contribution in [-0.4, -0.2) is 46.7 Å². The second-order valence-corrected chi connectivity index (χ2v) is 9.46. The van der Waals surface area contributed by atoms with Gasteiger partial charge in [0.2, 0.25) is 0 Å². The fourth-order valence-corrected chi connectivity index (χ4v) is 4.93. The molecule has 1 fully saturated rings. The molecule has 4 rings (SSSR count). The number of rotatable bonds is 8. The predicted molar refractivity (Wildman–Crippen MR) is 123 cm³/mol. The quantitative estimate of drug-likeness (QED) is 0.477. The molecule has 0 saturated carbocycles. The summed E-state index contributed by atoms with van der Waals surface area (Å²) >= 11 is 0. The molecule has 7 heteroatoms. The van der Waals surface area contributed by atoms with Crippen molar-refractivity contribution >= 4 is 10.1 Å². The van der Waals surface area contributed by atoms with E-state index in [4.69, 9.17) is 13.7 Å². The lowest BCUT2D eigenvalue weighted by atomic mass is 9.93. The van der Waals surface area contributed by atoms with E-state index in [0.29, 0.717) is 13.1 Å². The first-order valence-electron chi connectivity index (χ1n) is 10.4. The van der Waals surface area contributed by atoms with Crippen LogP contribution in [0.25, 0.3) is 0 Å². The Labute approximate surface area is 189 Å². The summed E-state index contributed by atoms with van der Waals surface area (Å²) in [4.78, 5) is 2.39. The van der Waals surface area contributed by atoms with Crippen molar-refractivity contribution in [3.63, 3.8) is 0 Å². The van der Waals surface area contributed by atoms with Gasteiger partial charge < -0.3 is 9.47 Å². The van der Waals surface area contributed by atoms with Crippen molar-refractivity contribution in [2.24, 2.45) is 0 Å². The second kappa shape index (κ2) is 9.32. The molecule has 0 amide bonds. The third-order valence-electron chi connectivity index (χ3n) is 5.68. The molecule has 0 unspecified atom stereocenters. The Morgan fingerprint density at radius 1 is 0.781 bits per heavy atom. The molecular formula is C25H27NO5S. The maximum absolute atomic E-state index is 12.6. The summed E-state index contributed by atoms with van der Waals surface area (Å²) in [5, 5.41) is 0. The highest BCUT2D eigenvalue weighted by Gasteiger charge is 2.37. The van der Waals surface area contributed by atoms with E-state index in [9.17, 15) is 8.42 Å². The van der Waals surface area contributed by atoms with Crippen LogP contribution in [0.1, 0.15) is 22.7 Å². The number of nitrogens with zero attached hydrogens (tertiary/aromatic N) is 1. The summed E-state index contributed by atoms with van der Waals surface area (Å²) in [5.41, 5.74) is 3.19. The van der Waals surface area contributed by atoms with Crippen molar-refractivity contribution in [2.45, 2.75) is 24.0 Å². The van der Waals surface area contributed by atoms with Crippen molar-refractivity contribution in [1.82, 2.24) is 4.90 Å². The highest BCUT2D eigenvalue weighted by molar-refractivity contribution is 7.86. The molecule has 1 saturated heterocycles. The molecule has 32 heavy (non-hydrogen) atoms. The number of aryl methyl sites for hydroxylation is 1. The van der Waals surface area contributed by atoms with E-state index in [1.54, 1.807) is 38.5 Å². The van der Waals surface area contributed by atoms with Gasteiger partial charge >= 0.3 is 0 Å². The molecular weight excluding hydrogens is 426 g/mol. The first kappa shape index (κ1) is 22.3. The maximum atomic E-state index is 12.6. The normalized spacial score (nSPS) is 14.9. The molecule has 1 aliphatic heterocycles. The zero-order chi connectivity index (χ0) is 22.7. The molecule has 1 aliphatic rings. The maximum Gasteiger partial charge on any atom is 0.297 e. The number of hydrogen-bond acceptors (Lipinski definition) is 6. The minimum Gasteiger partial charge on any atom is -0.497 e. The summed E-state index contributed by atoms with van der Waals surface area (Å²) in [6, 6.07) is 22.5. The number of ether oxygens (including phenoxy) is 2. The Bertz CT molecular complexity index is 1090. The van der Waals surface area contributed by atoms with Gasteiger partial charge in [-0.3, -0.25) is 9.08 Å². The summed E-state index contributed by atoms with van der Waals surface area (Å²) in [6.07, 6.45) is -0.389. The third kappa shape index (κ3) is 4.80. The van der Waals surface area contributed by atoms with Gasteiger partial charge in [0, 0.05) is 13.1 Å². The van der Waals surface area contributed by atoms with Crippen LogP contribution in [-0.2, 0) is 14.3 Å². The molecule has 3 aromatic rings. The fraction of sp³-hybridized carbons (Fsp3) is 0.280. The number of benzene rings is 3. The van der Waals surface area contributed by atoms with Crippen LogP contribution in [0, 0.1) is 6.92 Å². The van der Waals surface area contributed by atoms with Crippen LogP contribution < -0.4 is 9.47 Å². The summed E-state index contributed by atoms with van der Waals surface area (Å²) in [5.74, 6) is 1.58. The summed E-state index contributed by atoms with van der Waals surface area (Å²) < 4.78 is 41.4. The second-order valence-electron chi connectivity index (χ2n) is 7.89. The minimum atomic E-state index is -3.79. The Morgan fingerprint density at radius 2 is 1.25 bits per heavy atom. The molecule has 168 valence electrons. The molecule has 6 nitrogen and oxygen atoms in total. The number of hydrogen-bond donors (Lipinski definition) is 0. The monoisotopic (exact) mass is 453 g/mol. The smallest absolute Gasteiger partial charge is 0.297 e. The summed E-state index contributed by atoms with van der Waals surface area (Å²) in [6.45, 7) is 2.93. The Balaban J connectivity index is 1.52. The van der Waals surface area contributed by atoms with Crippen molar-refractivity contribution in [3.8, 4) is 11.5 Å². The van der Waals surface area contributed by atoms with Gasteiger partial charge in [-0.05, 0) is 54.4 Å². The molecule has 0 N–H and O–H groups in total. The van der Waals surface area contributed by atoms with Gasteiger partial charge in [0.15, 0.2) is 0 Å². The van der Waals surface area contributed by atoms with Gasteiger partial charge in [-0.1, -0.05) is 42.0 Å². The zero-order valence-electron chi connectivity index (χ0n) is 18.4. The van der Waals surface area contributed by atoms with Gasteiger partial charge in [-0.25, -0.2) is 0 Å². The molecule has 3 aromatic carbocycles. The van der Waals surface area contributed by atoms with Gasteiger partial charge in [-0.15, -0.1) is 0 Å². The molecule has 0 atom stereocenters. The van der Waals surface area contributed by atoms with Crippen molar-refractivity contribution in [2.75, 3.05) is 27.3 Å². The van der Waals surface area contributed by atoms with Crippen LogP contribution >= 0.6 is 0 Å². The first-order valence-corrected chi connectivity index (χ1v) is 11.8. The largest absolute Gasteiger partial charge is 0.497 e. The van der Waals surface area contributed by atoms with E-state index in [0.717, 1.165) is 28.2 Å². The SMILES string of the molecule is COc1ccc(C(c2ccc(OC)cc2)N2CC(OS(=O)(=O)c3ccc(C)cc3)C2)cc1. The van der Waals surface area contributed by atoms with Crippen molar-refractivity contribution < 1.29 is 22.1 Å². The Morgan fingerprint density at radius 3 is 1.69 bits per heavy atom. The minimum absolute atomic E-state index is 0.0336. The zero-order valence-corrected chi connectivity index (χ0v) is 19.2. The average molecular weight is 454 g/mol. The van der Waals surface area contributed by atoms with Gasteiger partial charge in [-0.2, -0.15) is 8.42 Å². The van der Waals surface area contributed by atoms with E-state index in [1.165, 1.54) is 0 Å². The lowest BCUT2D eigenvalue weighted by Crippen LogP contribution is -2.54. The highest BCUT2D eigenvalue weighted by Crippen LogP contribution is 2.35. The van der Waals surface area contributed by atoms with Crippen LogP contribution in [0.15, 0.2) is 77.7 Å². The molecule has 1 heterocycles. The molecule has 0 radical (unpaired) electrons. The fourth-order valence-electron chi connectivity index (χ4n) is 3.87. The summed E-state index contributed by atoms with van der Waals surface area (Å²) in [7, 11) is -0.512. The Hall–Kier alpha value is -2.87. The van der Waals surface area contributed by atoms with Crippen LogP contribution in [0.5, 0.6) is 11.5 Å². The van der Waals surface area contributed by atoms with E-state index < -0.39 is 10.1 Å². The molecule has 0 spiro atoms. The first-order chi connectivity index (χ1) is 15.4. The lowest BCUT2D eigenvalue weighted by molar-refractivity contribution is 0.00417.